The van der Waals surface area contributed by atoms with E-state index >= 15 is 0 Å². The summed E-state index contributed by atoms with van der Waals surface area (Å²) in [6.07, 6.45) is 3.42. The number of pyridine rings is 1. The summed E-state index contributed by atoms with van der Waals surface area (Å²) in [5.41, 5.74) is 3.41. The molecule has 0 aliphatic carbocycles. The molecular formula is C25H31N5O4. The Kier molecular flexibility index (Phi) is 5.97. The zero-order valence-corrected chi connectivity index (χ0v) is 20.5. The fourth-order valence-electron chi connectivity index (χ4n) is 4.33. The molecule has 1 amide bonds. The number of esters is 1. The molecule has 9 heteroatoms. The van der Waals surface area contributed by atoms with Crippen LogP contribution in [0, 0.1) is 6.92 Å². The standard InChI is InChI=1S/C25H31N5O4/c1-15-8-7-9-18-19(15)28-21(27-18)16-12-26-13-17(22(31)33-6)20(16)30-11-10-25(5,14-30)29-23(32)34-24(2,3)4/h7-9,12-13H,10-11,14H2,1-6H3,(H,27,28)(H,29,32)/t25-/m0/s1. The van der Waals surface area contributed by atoms with Gasteiger partial charge in [0, 0.05) is 25.5 Å². The Balaban J connectivity index is 1.73. The van der Waals surface area contributed by atoms with Crippen molar-refractivity contribution in [3.05, 3.63) is 41.7 Å². The molecular weight excluding hydrogens is 434 g/mol. The fourth-order valence-corrected chi connectivity index (χ4v) is 4.33. The fraction of sp³-hybridized carbons (Fsp3) is 0.440. The monoisotopic (exact) mass is 465 g/mol. The second-order valence-corrected chi connectivity index (χ2v) is 9.99. The molecule has 3 aromatic rings. The van der Waals surface area contributed by atoms with Gasteiger partial charge in [0.1, 0.15) is 17.0 Å². The minimum atomic E-state index is -0.589. The molecule has 1 aliphatic heterocycles. The van der Waals surface area contributed by atoms with Gasteiger partial charge >= 0.3 is 12.1 Å². The van der Waals surface area contributed by atoms with Crippen LogP contribution < -0.4 is 10.2 Å². The summed E-state index contributed by atoms with van der Waals surface area (Å²) in [5.74, 6) is 0.136. The zero-order valence-electron chi connectivity index (χ0n) is 20.5. The number of aromatic amines is 1. The van der Waals surface area contributed by atoms with Crippen LogP contribution in [0.5, 0.6) is 0 Å². The lowest BCUT2D eigenvalue weighted by atomic mass is 10.0. The van der Waals surface area contributed by atoms with E-state index in [1.807, 2.05) is 52.8 Å². The summed E-state index contributed by atoms with van der Waals surface area (Å²) in [5, 5.41) is 3.00. The number of carbonyl (C=O) groups excluding carboxylic acids is 2. The molecule has 1 fully saturated rings. The van der Waals surface area contributed by atoms with Crippen molar-refractivity contribution in [1.82, 2.24) is 20.3 Å². The molecule has 34 heavy (non-hydrogen) atoms. The van der Waals surface area contributed by atoms with Gasteiger partial charge < -0.3 is 24.7 Å². The maximum atomic E-state index is 12.7. The summed E-state index contributed by atoms with van der Waals surface area (Å²) in [7, 11) is 1.35. The minimum absolute atomic E-state index is 0.346. The van der Waals surface area contributed by atoms with Gasteiger partial charge in [-0.2, -0.15) is 0 Å². The number of nitrogens with one attached hydrogen (secondary N) is 2. The number of H-pyrrole nitrogens is 1. The third-order valence-corrected chi connectivity index (χ3v) is 5.88. The van der Waals surface area contributed by atoms with Crippen LogP contribution in [-0.4, -0.2) is 58.4 Å². The number of imidazole rings is 1. The number of hydrogen-bond acceptors (Lipinski definition) is 7. The van der Waals surface area contributed by atoms with Crippen LogP contribution in [0.15, 0.2) is 30.6 Å². The van der Waals surface area contributed by atoms with E-state index < -0.39 is 23.2 Å². The number of aryl methyl sites for hydroxylation is 1. The Morgan fingerprint density at radius 1 is 1.24 bits per heavy atom. The number of methoxy groups -OCH3 is 1. The van der Waals surface area contributed by atoms with Gasteiger partial charge in [-0.1, -0.05) is 12.1 Å². The SMILES string of the molecule is COC(=O)c1cncc(-c2nc3c(C)cccc3[nH]2)c1N1CC[C@](C)(NC(=O)OC(C)(C)C)C1. The highest BCUT2D eigenvalue weighted by Gasteiger charge is 2.39. The van der Waals surface area contributed by atoms with Crippen molar-refractivity contribution in [2.45, 2.75) is 52.2 Å². The summed E-state index contributed by atoms with van der Waals surface area (Å²) < 4.78 is 10.5. The second-order valence-electron chi connectivity index (χ2n) is 9.99. The maximum absolute atomic E-state index is 12.7. The Bertz CT molecular complexity index is 1250. The van der Waals surface area contributed by atoms with Gasteiger partial charge in [-0.05, 0) is 52.7 Å². The van der Waals surface area contributed by atoms with Gasteiger partial charge in [-0.3, -0.25) is 4.98 Å². The smallest absolute Gasteiger partial charge is 0.408 e. The molecule has 1 saturated heterocycles. The first kappa shape index (κ1) is 23.5. The quantitative estimate of drug-likeness (QED) is 0.555. The largest absolute Gasteiger partial charge is 0.465 e. The Morgan fingerprint density at radius 3 is 2.68 bits per heavy atom. The molecule has 180 valence electrons. The number of nitrogens with zero attached hydrogens (tertiary/aromatic N) is 3. The normalized spacial score (nSPS) is 18.2. The van der Waals surface area contributed by atoms with E-state index in [4.69, 9.17) is 14.5 Å². The van der Waals surface area contributed by atoms with Gasteiger partial charge in [0.15, 0.2) is 0 Å². The number of fused-ring (bicyclic) bond motifs is 1. The predicted octanol–water partition coefficient (Wildman–Crippen LogP) is 4.21. The van der Waals surface area contributed by atoms with Gasteiger partial charge in [-0.15, -0.1) is 0 Å². The number of para-hydroxylation sites is 1. The first-order chi connectivity index (χ1) is 16.0. The summed E-state index contributed by atoms with van der Waals surface area (Å²) in [4.78, 5) is 39.7. The molecule has 1 aliphatic rings. The van der Waals surface area contributed by atoms with E-state index in [1.165, 1.54) is 13.3 Å². The van der Waals surface area contributed by atoms with Gasteiger partial charge in [0.2, 0.25) is 0 Å². The van der Waals surface area contributed by atoms with Crippen LogP contribution in [-0.2, 0) is 9.47 Å². The van der Waals surface area contributed by atoms with E-state index in [-0.39, 0.29) is 0 Å². The van der Waals surface area contributed by atoms with E-state index in [1.54, 1.807) is 6.20 Å². The molecule has 0 saturated carbocycles. The van der Waals surface area contributed by atoms with Crippen LogP contribution in [0.4, 0.5) is 10.5 Å². The van der Waals surface area contributed by atoms with Crippen molar-refractivity contribution >= 4 is 28.8 Å². The number of benzene rings is 1. The molecule has 0 spiro atoms. The summed E-state index contributed by atoms with van der Waals surface area (Å²) >= 11 is 0. The maximum Gasteiger partial charge on any atom is 0.408 e. The highest BCUT2D eigenvalue weighted by molar-refractivity contribution is 6.00. The number of aromatic nitrogens is 3. The van der Waals surface area contributed by atoms with Crippen LogP contribution >= 0.6 is 0 Å². The Hall–Kier alpha value is -3.62. The van der Waals surface area contributed by atoms with Gasteiger partial charge in [-0.25, -0.2) is 14.6 Å². The van der Waals surface area contributed by atoms with Crippen LogP contribution in [0.25, 0.3) is 22.4 Å². The number of carbonyl (C=O) groups is 2. The topological polar surface area (TPSA) is 109 Å². The van der Waals surface area contributed by atoms with Crippen LogP contribution in [0.3, 0.4) is 0 Å². The van der Waals surface area contributed by atoms with E-state index in [2.05, 4.69) is 20.2 Å². The first-order valence-corrected chi connectivity index (χ1v) is 11.3. The number of amides is 1. The van der Waals surface area contributed by atoms with E-state index in [0.717, 1.165) is 16.6 Å². The molecule has 0 unspecified atom stereocenters. The average molecular weight is 466 g/mol. The van der Waals surface area contributed by atoms with Crippen molar-refractivity contribution in [2.24, 2.45) is 0 Å². The van der Waals surface area contributed by atoms with E-state index in [0.29, 0.717) is 42.1 Å². The first-order valence-electron chi connectivity index (χ1n) is 11.3. The number of anilines is 1. The molecule has 4 rings (SSSR count). The van der Waals surface area contributed by atoms with Crippen LogP contribution in [0.2, 0.25) is 0 Å². The van der Waals surface area contributed by atoms with Crippen LogP contribution in [0.1, 0.15) is 50.0 Å². The molecule has 1 atom stereocenters. The highest BCUT2D eigenvalue weighted by atomic mass is 16.6. The zero-order chi connectivity index (χ0) is 24.7. The molecule has 9 nitrogen and oxygen atoms in total. The summed E-state index contributed by atoms with van der Waals surface area (Å²) in [6, 6.07) is 5.94. The van der Waals surface area contributed by atoms with Crippen molar-refractivity contribution in [2.75, 3.05) is 25.1 Å². The van der Waals surface area contributed by atoms with Crippen molar-refractivity contribution < 1.29 is 19.1 Å². The lowest BCUT2D eigenvalue weighted by Crippen LogP contribution is -2.49. The summed E-state index contributed by atoms with van der Waals surface area (Å²) in [6.45, 7) is 10.6. The molecule has 0 bridgehead atoms. The number of ether oxygens (including phenoxy) is 2. The Morgan fingerprint density at radius 2 is 2.00 bits per heavy atom. The van der Waals surface area contributed by atoms with Gasteiger partial charge in [0.05, 0.1) is 34.9 Å². The second kappa shape index (κ2) is 8.62. The number of alkyl carbamates (subject to hydrolysis) is 1. The number of hydrogen-bond donors (Lipinski definition) is 2. The van der Waals surface area contributed by atoms with Crippen molar-refractivity contribution in [3.63, 3.8) is 0 Å². The van der Waals surface area contributed by atoms with Gasteiger partial charge in [0.25, 0.3) is 0 Å². The molecule has 0 radical (unpaired) electrons. The third-order valence-electron chi connectivity index (χ3n) is 5.88. The predicted molar refractivity (Wildman–Crippen MR) is 130 cm³/mol. The average Bonchev–Trinajstić information content (AvgIpc) is 3.35. The Labute approximate surface area is 198 Å². The molecule has 2 N–H and O–H groups in total. The molecule has 1 aromatic carbocycles. The van der Waals surface area contributed by atoms with Crippen molar-refractivity contribution in [3.8, 4) is 11.4 Å². The molecule has 2 aromatic heterocycles. The minimum Gasteiger partial charge on any atom is -0.465 e. The third kappa shape index (κ3) is 4.69. The van der Waals surface area contributed by atoms with E-state index in [9.17, 15) is 9.59 Å². The molecule has 3 heterocycles. The lowest BCUT2D eigenvalue weighted by molar-refractivity contribution is 0.0472. The highest BCUT2D eigenvalue weighted by Crippen LogP contribution is 2.37. The lowest BCUT2D eigenvalue weighted by Gasteiger charge is -2.29. The number of rotatable bonds is 4. The van der Waals surface area contributed by atoms with Crippen molar-refractivity contribution in [1.29, 1.82) is 0 Å².